The Kier molecular flexibility index (Phi) is 2.73. The molecule has 0 heterocycles. The summed E-state index contributed by atoms with van der Waals surface area (Å²) in [4.78, 5) is 0. The van der Waals surface area contributed by atoms with Crippen LogP contribution in [-0.2, 0) is 0 Å². The topological polar surface area (TPSA) is 20.2 Å². The molecule has 0 unspecified atom stereocenters. The number of aromatic hydroxyl groups is 1. The first kappa shape index (κ1) is 7.86. The quantitative estimate of drug-likeness (QED) is 0.679. The van der Waals surface area contributed by atoms with E-state index in [-0.39, 0.29) is 0 Å². The van der Waals surface area contributed by atoms with Crippen molar-refractivity contribution >= 4 is 6.08 Å². The first-order valence-electron chi connectivity index (χ1n) is 3.46. The highest BCUT2D eigenvalue weighted by molar-refractivity contribution is 5.51. The average Bonchev–Trinajstić information content (AvgIpc) is 2.04. The van der Waals surface area contributed by atoms with Gasteiger partial charge in [0.05, 0.1) is 0 Å². The normalized spacial score (nSPS) is 10.6. The Hall–Kier alpha value is -1.24. The lowest BCUT2D eigenvalue weighted by atomic mass is 10.2. The third kappa shape index (κ3) is 2.46. The molecule has 11 heavy (non-hydrogen) atoms. The van der Waals surface area contributed by atoms with Crippen LogP contribution >= 0.6 is 0 Å². The average molecular weight is 146 g/mol. The molecule has 1 nitrogen and oxygen atoms in total. The van der Waals surface area contributed by atoms with Crippen LogP contribution in [0.25, 0.3) is 6.08 Å². The van der Waals surface area contributed by atoms with Gasteiger partial charge in [-0.25, -0.2) is 0 Å². The predicted octanol–water partition coefficient (Wildman–Crippen LogP) is 2.51. The number of rotatable bonds is 2. The van der Waals surface area contributed by atoms with E-state index in [2.05, 4.69) is 6.42 Å². The van der Waals surface area contributed by atoms with Gasteiger partial charge in [0.2, 0.25) is 0 Å². The maximum Gasteiger partial charge on any atom is 0.115 e. The summed E-state index contributed by atoms with van der Waals surface area (Å²) in [5.41, 5.74) is 1.07. The Morgan fingerprint density at radius 2 is 1.91 bits per heavy atom. The van der Waals surface area contributed by atoms with E-state index < -0.39 is 0 Å². The van der Waals surface area contributed by atoms with E-state index >= 15 is 0 Å². The second kappa shape index (κ2) is 3.81. The third-order valence-corrected chi connectivity index (χ3v) is 1.34. The molecular weight excluding hydrogens is 136 g/mol. The summed E-state index contributed by atoms with van der Waals surface area (Å²) in [5.74, 6) is 0.298. The monoisotopic (exact) mass is 146 g/mol. The van der Waals surface area contributed by atoms with E-state index in [4.69, 9.17) is 5.11 Å². The molecule has 0 aliphatic rings. The van der Waals surface area contributed by atoms with Gasteiger partial charge in [-0.05, 0) is 17.7 Å². The Morgan fingerprint density at radius 1 is 1.27 bits per heavy atom. The van der Waals surface area contributed by atoms with Crippen molar-refractivity contribution in [2.75, 3.05) is 0 Å². The van der Waals surface area contributed by atoms with E-state index in [0.29, 0.717) is 5.75 Å². The zero-order valence-electron chi connectivity index (χ0n) is 6.41. The molecule has 0 atom stereocenters. The number of phenolic OH excluding ortho intramolecular Hbond substituents is 1. The van der Waals surface area contributed by atoms with Crippen LogP contribution in [0.2, 0.25) is 0 Å². The number of hydrogen-bond donors (Lipinski definition) is 1. The fourth-order valence-electron chi connectivity index (χ4n) is 0.765. The number of phenols is 1. The summed E-state index contributed by atoms with van der Waals surface area (Å²) >= 11 is 0. The molecule has 1 aromatic carbocycles. The lowest BCUT2D eigenvalue weighted by molar-refractivity contribution is 0.475. The summed E-state index contributed by atoms with van der Waals surface area (Å²) in [6.45, 7) is 1.84. The van der Waals surface area contributed by atoms with Crippen LogP contribution in [0.4, 0.5) is 0 Å². The molecule has 0 aromatic heterocycles. The largest absolute Gasteiger partial charge is 0.508 e. The van der Waals surface area contributed by atoms with Crippen LogP contribution in [0.15, 0.2) is 30.3 Å². The van der Waals surface area contributed by atoms with Gasteiger partial charge < -0.3 is 5.11 Å². The molecule has 0 aliphatic heterocycles. The summed E-state index contributed by atoms with van der Waals surface area (Å²) in [7, 11) is 0. The van der Waals surface area contributed by atoms with E-state index in [9.17, 15) is 0 Å². The van der Waals surface area contributed by atoms with Crippen molar-refractivity contribution in [2.24, 2.45) is 0 Å². The molecular formula is C10H10O. The van der Waals surface area contributed by atoms with Gasteiger partial charge in [-0.2, -0.15) is 0 Å². The van der Waals surface area contributed by atoms with Crippen molar-refractivity contribution in [3.63, 3.8) is 0 Å². The lowest BCUT2D eigenvalue weighted by Crippen LogP contribution is -1.69. The standard InChI is InChI=1S/C10H10O/c1-2-3-4-9-5-7-10(11)8-6-9/h3-8,11H,1H3. The van der Waals surface area contributed by atoms with E-state index in [1.54, 1.807) is 12.1 Å². The van der Waals surface area contributed by atoms with Gasteiger partial charge in [0.25, 0.3) is 0 Å². The molecule has 0 fully saturated rings. The minimum Gasteiger partial charge on any atom is -0.508 e. The van der Waals surface area contributed by atoms with Crippen LogP contribution < -0.4 is 0 Å². The molecule has 56 valence electrons. The second-order valence-corrected chi connectivity index (χ2v) is 2.21. The molecule has 1 rings (SSSR count). The minimum atomic E-state index is 0.298. The highest BCUT2D eigenvalue weighted by Gasteiger charge is 1.85. The molecule has 1 N–H and O–H groups in total. The first-order valence-corrected chi connectivity index (χ1v) is 3.46. The van der Waals surface area contributed by atoms with Gasteiger partial charge in [0.1, 0.15) is 5.75 Å². The van der Waals surface area contributed by atoms with Crippen LogP contribution in [0.1, 0.15) is 12.5 Å². The van der Waals surface area contributed by atoms with Gasteiger partial charge in [0, 0.05) is 6.42 Å². The molecule has 0 aliphatic carbocycles. The highest BCUT2D eigenvalue weighted by Crippen LogP contribution is 2.10. The molecule has 2 radical (unpaired) electrons. The summed E-state index contributed by atoms with van der Waals surface area (Å²) in [6, 6.07) is 7.02. The number of benzene rings is 1. The van der Waals surface area contributed by atoms with Crippen molar-refractivity contribution in [1.82, 2.24) is 0 Å². The number of hydrogen-bond acceptors (Lipinski definition) is 1. The van der Waals surface area contributed by atoms with Crippen LogP contribution in [0, 0.1) is 6.42 Å². The van der Waals surface area contributed by atoms with Crippen LogP contribution in [0.3, 0.4) is 0 Å². The lowest BCUT2D eigenvalue weighted by Gasteiger charge is -1.92. The third-order valence-electron chi connectivity index (χ3n) is 1.34. The first-order chi connectivity index (χ1) is 5.33. The second-order valence-electron chi connectivity index (χ2n) is 2.21. The Bertz CT molecular complexity index is 234. The minimum absolute atomic E-state index is 0.298. The van der Waals surface area contributed by atoms with Crippen molar-refractivity contribution in [1.29, 1.82) is 0 Å². The molecule has 1 heteroatoms. The summed E-state index contributed by atoms with van der Waals surface area (Å²) in [5, 5.41) is 8.94. The van der Waals surface area contributed by atoms with Crippen molar-refractivity contribution in [3.05, 3.63) is 42.3 Å². The van der Waals surface area contributed by atoms with Crippen molar-refractivity contribution < 1.29 is 5.11 Å². The van der Waals surface area contributed by atoms with Gasteiger partial charge >= 0.3 is 0 Å². The highest BCUT2D eigenvalue weighted by atomic mass is 16.3. The summed E-state index contributed by atoms with van der Waals surface area (Å²) in [6.07, 6.45) is 6.66. The van der Waals surface area contributed by atoms with Crippen LogP contribution in [0.5, 0.6) is 5.75 Å². The molecule has 1 aromatic rings. The maximum absolute atomic E-state index is 8.94. The fourth-order valence-corrected chi connectivity index (χ4v) is 0.765. The van der Waals surface area contributed by atoms with Gasteiger partial charge in [0.15, 0.2) is 0 Å². The van der Waals surface area contributed by atoms with E-state index in [0.717, 1.165) is 5.56 Å². The zero-order chi connectivity index (χ0) is 8.10. The number of allylic oxidation sites excluding steroid dienone is 1. The Balaban J connectivity index is 2.73. The molecule has 0 spiro atoms. The van der Waals surface area contributed by atoms with Gasteiger partial charge in [-0.1, -0.05) is 31.2 Å². The zero-order valence-corrected chi connectivity index (χ0v) is 6.41. The van der Waals surface area contributed by atoms with E-state index in [1.165, 1.54) is 0 Å². The SMILES string of the molecule is C[C]C=Cc1ccc(O)cc1. The molecule has 0 saturated heterocycles. The predicted molar refractivity (Wildman–Crippen MR) is 46.1 cm³/mol. The fraction of sp³-hybridized carbons (Fsp3) is 0.100. The van der Waals surface area contributed by atoms with Gasteiger partial charge in [-0.15, -0.1) is 0 Å². The smallest absolute Gasteiger partial charge is 0.115 e. The molecule has 0 bridgehead atoms. The van der Waals surface area contributed by atoms with Gasteiger partial charge in [-0.3, -0.25) is 0 Å². The molecule has 0 amide bonds. The maximum atomic E-state index is 8.94. The Morgan fingerprint density at radius 3 is 2.45 bits per heavy atom. The van der Waals surface area contributed by atoms with Crippen molar-refractivity contribution in [2.45, 2.75) is 6.92 Å². The summed E-state index contributed by atoms with van der Waals surface area (Å²) < 4.78 is 0. The molecule has 0 saturated carbocycles. The van der Waals surface area contributed by atoms with Crippen LogP contribution in [-0.4, -0.2) is 5.11 Å². The Labute approximate surface area is 67.0 Å². The van der Waals surface area contributed by atoms with E-state index in [1.807, 2.05) is 31.2 Å². The van der Waals surface area contributed by atoms with Crippen molar-refractivity contribution in [3.8, 4) is 5.75 Å².